The zero-order valence-corrected chi connectivity index (χ0v) is 19.1. The summed E-state index contributed by atoms with van der Waals surface area (Å²) in [5.74, 6) is 0.950. The largest absolute Gasteiger partial charge is 0.361 e. The summed E-state index contributed by atoms with van der Waals surface area (Å²) in [7, 11) is 0. The van der Waals surface area contributed by atoms with Crippen LogP contribution in [0.25, 0.3) is 22.2 Å². The van der Waals surface area contributed by atoms with Crippen LogP contribution in [0.15, 0.2) is 65.2 Å². The van der Waals surface area contributed by atoms with E-state index in [1.807, 2.05) is 79.4 Å². The quantitative estimate of drug-likeness (QED) is 0.454. The van der Waals surface area contributed by atoms with Crippen molar-refractivity contribution in [3.05, 3.63) is 83.2 Å². The van der Waals surface area contributed by atoms with Crippen LogP contribution >= 0.6 is 0 Å². The fourth-order valence-corrected chi connectivity index (χ4v) is 4.56. The molecule has 1 fully saturated rings. The fourth-order valence-electron chi connectivity index (χ4n) is 4.56. The molecule has 1 aliphatic heterocycles. The van der Waals surface area contributed by atoms with E-state index >= 15 is 0 Å². The minimum atomic E-state index is 0.0740. The van der Waals surface area contributed by atoms with Gasteiger partial charge in [-0.05, 0) is 32.4 Å². The van der Waals surface area contributed by atoms with Gasteiger partial charge in [0.2, 0.25) is 0 Å². The van der Waals surface area contributed by atoms with Gasteiger partial charge in [0, 0.05) is 49.2 Å². The highest BCUT2D eigenvalue weighted by Gasteiger charge is 2.24. The normalized spacial score (nSPS) is 15.0. The van der Waals surface area contributed by atoms with Gasteiger partial charge in [-0.15, -0.1) is 0 Å². The standard InChI is InChI=1S/C27H28N4O2/c1-19-24(20(2)33-29-19)18-30-13-8-14-31(16-15-30)27(32)23-17-26(21-9-4-3-5-10-21)28-25-12-7-6-11-22(23)25/h3-7,9-12,17H,8,13-16,18H2,1-2H3. The van der Waals surface area contributed by atoms with Crippen LogP contribution in [0.1, 0.15) is 33.8 Å². The Morgan fingerprint density at radius 3 is 2.55 bits per heavy atom. The van der Waals surface area contributed by atoms with Crippen LogP contribution < -0.4 is 0 Å². The van der Waals surface area contributed by atoms with Crippen LogP contribution in [0.2, 0.25) is 0 Å². The second-order valence-corrected chi connectivity index (χ2v) is 8.66. The number of hydrogen-bond acceptors (Lipinski definition) is 5. The summed E-state index contributed by atoms with van der Waals surface area (Å²) in [5, 5.41) is 4.98. The Labute approximate surface area is 193 Å². The molecule has 6 nitrogen and oxygen atoms in total. The first-order valence-electron chi connectivity index (χ1n) is 11.5. The molecule has 1 aliphatic rings. The summed E-state index contributed by atoms with van der Waals surface area (Å²) in [6, 6.07) is 19.9. The van der Waals surface area contributed by atoms with Crippen molar-refractivity contribution in [3.63, 3.8) is 0 Å². The van der Waals surface area contributed by atoms with Crippen molar-refractivity contribution < 1.29 is 9.32 Å². The van der Waals surface area contributed by atoms with Crippen LogP contribution in [0.3, 0.4) is 0 Å². The molecule has 0 bridgehead atoms. The monoisotopic (exact) mass is 440 g/mol. The van der Waals surface area contributed by atoms with E-state index in [1.54, 1.807) is 0 Å². The van der Waals surface area contributed by atoms with Gasteiger partial charge in [-0.2, -0.15) is 0 Å². The van der Waals surface area contributed by atoms with E-state index in [4.69, 9.17) is 9.51 Å². The van der Waals surface area contributed by atoms with Crippen LogP contribution in [0.4, 0.5) is 0 Å². The number of nitrogens with zero attached hydrogens (tertiary/aromatic N) is 4. The minimum Gasteiger partial charge on any atom is -0.361 e. The third-order valence-corrected chi connectivity index (χ3v) is 6.45. The number of pyridine rings is 1. The van der Waals surface area contributed by atoms with Crippen LogP contribution in [-0.4, -0.2) is 52.0 Å². The first kappa shape index (κ1) is 21.3. The zero-order chi connectivity index (χ0) is 22.8. The summed E-state index contributed by atoms with van der Waals surface area (Å²) in [6.45, 7) is 7.96. The van der Waals surface area contributed by atoms with E-state index in [0.29, 0.717) is 6.54 Å². The summed E-state index contributed by atoms with van der Waals surface area (Å²) in [5.41, 5.74) is 5.51. The summed E-state index contributed by atoms with van der Waals surface area (Å²) in [4.78, 5) is 22.9. The first-order valence-corrected chi connectivity index (χ1v) is 11.5. The van der Waals surface area contributed by atoms with Gasteiger partial charge in [0.15, 0.2) is 0 Å². The minimum absolute atomic E-state index is 0.0740. The number of para-hydroxylation sites is 1. The molecule has 33 heavy (non-hydrogen) atoms. The molecule has 0 N–H and O–H groups in total. The molecule has 0 spiro atoms. The van der Waals surface area contributed by atoms with Gasteiger partial charge in [0.1, 0.15) is 5.76 Å². The van der Waals surface area contributed by atoms with Crippen molar-refractivity contribution in [2.24, 2.45) is 0 Å². The molecular formula is C27H28N4O2. The van der Waals surface area contributed by atoms with E-state index in [9.17, 15) is 4.79 Å². The van der Waals surface area contributed by atoms with Crippen molar-refractivity contribution in [2.75, 3.05) is 26.2 Å². The van der Waals surface area contributed by atoms with Crippen molar-refractivity contribution >= 4 is 16.8 Å². The van der Waals surface area contributed by atoms with E-state index in [1.165, 1.54) is 0 Å². The zero-order valence-electron chi connectivity index (χ0n) is 19.1. The lowest BCUT2D eigenvalue weighted by molar-refractivity contribution is 0.0763. The predicted octanol–water partition coefficient (Wildman–Crippen LogP) is 4.85. The molecular weight excluding hydrogens is 412 g/mol. The van der Waals surface area contributed by atoms with Crippen molar-refractivity contribution in [1.82, 2.24) is 19.9 Å². The average Bonchev–Trinajstić information content (AvgIpc) is 3.03. The Morgan fingerprint density at radius 2 is 1.76 bits per heavy atom. The molecule has 0 radical (unpaired) electrons. The van der Waals surface area contributed by atoms with Crippen molar-refractivity contribution in [2.45, 2.75) is 26.8 Å². The molecule has 168 valence electrons. The molecule has 0 aliphatic carbocycles. The molecule has 6 heteroatoms. The highest BCUT2D eigenvalue weighted by molar-refractivity contribution is 6.07. The predicted molar refractivity (Wildman–Crippen MR) is 129 cm³/mol. The molecule has 0 unspecified atom stereocenters. The maximum atomic E-state index is 13.7. The Hall–Kier alpha value is -3.51. The van der Waals surface area contributed by atoms with Crippen LogP contribution in [0, 0.1) is 13.8 Å². The maximum Gasteiger partial charge on any atom is 0.254 e. The van der Waals surface area contributed by atoms with Crippen molar-refractivity contribution in [3.8, 4) is 11.3 Å². The molecule has 4 aromatic rings. The number of carbonyl (C=O) groups is 1. The molecule has 0 atom stereocenters. The average molecular weight is 441 g/mol. The second kappa shape index (κ2) is 9.16. The number of aromatic nitrogens is 2. The lowest BCUT2D eigenvalue weighted by Crippen LogP contribution is -2.35. The number of aryl methyl sites for hydroxylation is 2. The van der Waals surface area contributed by atoms with Gasteiger partial charge < -0.3 is 9.42 Å². The molecule has 1 saturated heterocycles. The van der Waals surface area contributed by atoms with Crippen LogP contribution in [-0.2, 0) is 6.54 Å². The van der Waals surface area contributed by atoms with Gasteiger partial charge in [0.25, 0.3) is 5.91 Å². The van der Waals surface area contributed by atoms with E-state index in [0.717, 1.165) is 77.3 Å². The lowest BCUT2D eigenvalue weighted by atomic mass is 10.0. The third-order valence-electron chi connectivity index (χ3n) is 6.45. The Balaban J connectivity index is 1.40. The van der Waals surface area contributed by atoms with Gasteiger partial charge in [-0.3, -0.25) is 9.69 Å². The maximum absolute atomic E-state index is 13.7. The summed E-state index contributed by atoms with van der Waals surface area (Å²) >= 11 is 0. The highest BCUT2D eigenvalue weighted by atomic mass is 16.5. The smallest absolute Gasteiger partial charge is 0.254 e. The first-order chi connectivity index (χ1) is 16.1. The molecule has 5 rings (SSSR count). The van der Waals surface area contributed by atoms with Gasteiger partial charge >= 0.3 is 0 Å². The number of carbonyl (C=O) groups excluding carboxylic acids is 1. The molecule has 3 heterocycles. The molecule has 0 saturated carbocycles. The second-order valence-electron chi connectivity index (χ2n) is 8.66. The topological polar surface area (TPSA) is 62.5 Å². The van der Waals surface area contributed by atoms with Crippen LogP contribution in [0.5, 0.6) is 0 Å². The van der Waals surface area contributed by atoms with E-state index in [-0.39, 0.29) is 5.91 Å². The van der Waals surface area contributed by atoms with Crippen molar-refractivity contribution in [1.29, 1.82) is 0 Å². The highest BCUT2D eigenvalue weighted by Crippen LogP contribution is 2.26. The number of rotatable bonds is 4. The number of benzene rings is 2. The SMILES string of the molecule is Cc1noc(C)c1CN1CCCN(C(=O)c2cc(-c3ccccc3)nc3ccccc23)CC1. The van der Waals surface area contributed by atoms with Gasteiger partial charge in [-0.25, -0.2) is 4.98 Å². The Morgan fingerprint density at radius 1 is 0.970 bits per heavy atom. The summed E-state index contributed by atoms with van der Waals surface area (Å²) < 4.78 is 5.33. The fraction of sp³-hybridized carbons (Fsp3) is 0.296. The Bertz CT molecular complexity index is 1260. The van der Waals surface area contributed by atoms with Gasteiger partial charge in [0.05, 0.1) is 22.5 Å². The third kappa shape index (κ3) is 4.39. The molecule has 2 aromatic heterocycles. The number of fused-ring (bicyclic) bond motifs is 1. The van der Waals surface area contributed by atoms with Gasteiger partial charge in [-0.1, -0.05) is 53.7 Å². The molecule has 2 aromatic carbocycles. The van der Waals surface area contributed by atoms with E-state index in [2.05, 4.69) is 10.1 Å². The van der Waals surface area contributed by atoms with E-state index < -0.39 is 0 Å². The molecule has 1 amide bonds. The lowest BCUT2D eigenvalue weighted by Gasteiger charge is -2.23. The summed E-state index contributed by atoms with van der Waals surface area (Å²) in [6.07, 6.45) is 0.934. The Kier molecular flexibility index (Phi) is 5.92. The number of hydrogen-bond donors (Lipinski definition) is 0. The number of amides is 1.